The predicted molar refractivity (Wildman–Crippen MR) is 60.0 cm³/mol. The highest BCUT2D eigenvalue weighted by Crippen LogP contribution is 2.21. The van der Waals surface area contributed by atoms with Crippen molar-refractivity contribution >= 4 is 5.97 Å². The number of hydrogen-bond acceptors (Lipinski definition) is 5. The number of methoxy groups -OCH3 is 1. The number of likely N-dealkylation sites (tertiary alicyclic amines) is 1. The molecule has 1 saturated heterocycles. The van der Waals surface area contributed by atoms with Crippen LogP contribution in [0.15, 0.2) is 12.4 Å². The van der Waals surface area contributed by atoms with Gasteiger partial charge < -0.3 is 9.84 Å². The number of aromatic nitrogens is 2. The Balaban J connectivity index is 2.05. The van der Waals surface area contributed by atoms with E-state index in [0.717, 1.165) is 5.56 Å². The summed E-state index contributed by atoms with van der Waals surface area (Å²) in [6.07, 6.45) is 3.64. The number of aliphatic hydroxyl groups is 1. The quantitative estimate of drug-likeness (QED) is 0.722. The lowest BCUT2D eigenvalue weighted by Crippen LogP contribution is -2.36. The topological polar surface area (TPSA) is 67.6 Å². The number of hydrogen-bond donors (Lipinski definition) is 1. The van der Waals surface area contributed by atoms with Crippen LogP contribution in [0.25, 0.3) is 0 Å². The van der Waals surface area contributed by atoms with Crippen molar-refractivity contribution in [2.45, 2.75) is 25.1 Å². The third kappa shape index (κ3) is 2.65. The minimum Gasteiger partial charge on any atom is -0.468 e. The van der Waals surface area contributed by atoms with Crippen molar-refractivity contribution in [3.63, 3.8) is 0 Å². The highest BCUT2D eigenvalue weighted by molar-refractivity contribution is 5.76. The van der Waals surface area contributed by atoms with Crippen LogP contribution < -0.4 is 0 Å². The molecule has 6 heteroatoms. The predicted octanol–water partition coefficient (Wildman–Crippen LogP) is -0.472. The van der Waals surface area contributed by atoms with E-state index in [2.05, 4.69) is 5.10 Å². The third-order valence-corrected chi connectivity index (χ3v) is 3.00. The van der Waals surface area contributed by atoms with Crippen LogP contribution in [0.1, 0.15) is 12.0 Å². The SMILES string of the molecule is COC(=O)C1CC(O)CN1Cc1cnn(C)c1. The fourth-order valence-corrected chi connectivity index (χ4v) is 2.22. The zero-order valence-corrected chi connectivity index (χ0v) is 10.0. The summed E-state index contributed by atoms with van der Waals surface area (Å²) in [6.45, 7) is 1.10. The van der Waals surface area contributed by atoms with Crippen LogP contribution in [0.3, 0.4) is 0 Å². The van der Waals surface area contributed by atoms with Gasteiger partial charge in [0.05, 0.1) is 19.4 Å². The molecule has 0 radical (unpaired) electrons. The number of nitrogens with zero attached hydrogens (tertiary/aromatic N) is 3. The van der Waals surface area contributed by atoms with Crippen LogP contribution in [-0.4, -0.2) is 51.6 Å². The Morgan fingerprint density at radius 3 is 3.06 bits per heavy atom. The van der Waals surface area contributed by atoms with Crippen molar-refractivity contribution in [3.8, 4) is 0 Å². The Bertz CT molecular complexity index is 404. The number of β-amino-alcohol motifs (C(OH)–C–C–N with tert-alkyl or cyclic N) is 1. The van der Waals surface area contributed by atoms with Crippen LogP contribution in [-0.2, 0) is 23.1 Å². The van der Waals surface area contributed by atoms with Gasteiger partial charge in [-0.05, 0) is 0 Å². The lowest BCUT2D eigenvalue weighted by Gasteiger charge is -2.20. The Hall–Kier alpha value is -1.40. The van der Waals surface area contributed by atoms with E-state index in [1.54, 1.807) is 10.9 Å². The molecular weight excluding hydrogens is 222 g/mol. The van der Waals surface area contributed by atoms with E-state index in [0.29, 0.717) is 19.5 Å². The maximum Gasteiger partial charge on any atom is 0.323 e. The summed E-state index contributed by atoms with van der Waals surface area (Å²) < 4.78 is 6.46. The molecule has 1 aromatic rings. The minimum absolute atomic E-state index is 0.287. The normalized spacial score (nSPS) is 25.1. The number of aryl methyl sites for hydroxylation is 1. The fourth-order valence-electron chi connectivity index (χ4n) is 2.22. The van der Waals surface area contributed by atoms with E-state index in [1.165, 1.54) is 7.11 Å². The molecule has 1 N–H and O–H groups in total. The van der Waals surface area contributed by atoms with Crippen molar-refractivity contribution < 1.29 is 14.6 Å². The molecule has 2 atom stereocenters. The first-order valence-corrected chi connectivity index (χ1v) is 5.57. The van der Waals surface area contributed by atoms with Gasteiger partial charge in [-0.2, -0.15) is 5.10 Å². The maximum absolute atomic E-state index is 11.6. The molecule has 0 aromatic carbocycles. The average Bonchev–Trinajstić information content (AvgIpc) is 2.85. The van der Waals surface area contributed by atoms with Gasteiger partial charge in [0.2, 0.25) is 0 Å². The standard InChI is InChI=1S/C11H17N3O3/c1-13-5-8(4-12-13)6-14-7-9(15)3-10(14)11(16)17-2/h4-5,9-10,15H,3,6-7H2,1-2H3. The molecule has 1 fully saturated rings. The second-order valence-electron chi connectivity index (χ2n) is 4.38. The van der Waals surface area contributed by atoms with E-state index in [1.807, 2.05) is 18.1 Å². The summed E-state index contributed by atoms with van der Waals surface area (Å²) in [7, 11) is 3.22. The first kappa shape index (κ1) is 12.1. The summed E-state index contributed by atoms with van der Waals surface area (Å²) in [6, 6.07) is -0.352. The van der Waals surface area contributed by atoms with Crippen LogP contribution in [0.5, 0.6) is 0 Å². The Kier molecular flexibility index (Phi) is 3.44. The Labute approximate surface area is 99.8 Å². The fraction of sp³-hybridized carbons (Fsp3) is 0.636. The zero-order chi connectivity index (χ0) is 12.4. The molecule has 2 unspecified atom stereocenters. The number of aliphatic hydroxyl groups excluding tert-OH is 1. The number of ether oxygens (including phenoxy) is 1. The van der Waals surface area contributed by atoms with E-state index in [4.69, 9.17) is 4.74 Å². The van der Waals surface area contributed by atoms with Crippen molar-refractivity contribution in [3.05, 3.63) is 18.0 Å². The molecular formula is C11H17N3O3. The number of carbonyl (C=O) groups is 1. The van der Waals surface area contributed by atoms with E-state index < -0.39 is 6.10 Å². The Morgan fingerprint density at radius 1 is 1.71 bits per heavy atom. The molecule has 1 aliphatic heterocycles. The van der Waals surface area contributed by atoms with Gasteiger partial charge in [0.25, 0.3) is 0 Å². The summed E-state index contributed by atoms with van der Waals surface area (Å²) in [4.78, 5) is 13.5. The molecule has 17 heavy (non-hydrogen) atoms. The highest BCUT2D eigenvalue weighted by Gasteiger charge is 2.36. The summed E-state index contributed by atoms with van der Waals surface area (Å²) >= 11 is 0. The van der Waals surface area contributed by atoms with E-state index >= 15 is 0 Å². The Morgan fingerprint density at radius 2 is 2.47 bits per heavy atom. The first-order valence-electron chi connectivity index (χ1n) is 5.57. The molecule has 0 aliphatic carbocycles. The highest BCUT2D eigenvalue weighted by atomic mass is 16.5. The smallest absolute Gasteiger partial charge is 0.323 e. The molecule has 0 saturated carbocycles. The van der Waals surface area contributed by atoms with Crippen molar-refractivity contribution in [1.29, 1.82) is 0 Å². The maximum atomic E-state index is 11.6. The van der Waals surface area contributed by atoms with Gasteiger partial charge in [-0.25, -0.2) is 0 Å². The zero-order valence-electron chi connectivity index (χ0n) is 10.0. The molecule has 0 amide bonds. The van der Waals surface area contributed by atoms with Gasteiger partial charge in [-0.1, -0.05) is 0 Å². The molecule has 1 aliphatic rings. The third-order valence-electron chi connectivity index (χ3n) is 3.00. The van der Waals surface area contributed by atoms with Crippen molar-refractivity contribution in [1.82, 2.24) is 14.7 Å². The number of carbonyl (C=O) groups excluding carboxylic acids is 1. The lowest BCUT2D eigenvalue weighted by atomic mass is 10.2. The van der Waals surface area contributed by atoms with Gasteiger partial charge in [0, 0.05) is 38.3 Å². The van der Waals surface area contributed by atoms with Gasteiger partial charge in [-0.15, -0.1) is 0 Å². The monoisotopic (exact) mass is 239 g/mol. The van der Waals surface area contributed by atoms with Gasteiger partial charge in [0.1, 0.15) is 6.04 Å². The second-order valence-corrected chi connectivity index (χ2v) is 4.38. The lowest BCUT2D eigenvalue weighted by molar-refractivity contribution is -0.146. The van der Waals surface area contributed by atoms with E-state index in [-0.39, 0.29) is 12.0 Å². The molecule has 0 bridgehead atoms. The average molecular weight is 239 g/mol. The number of rotatable bonds is 3. The first-order chi connectivity index (χ1) is 8.10. The van der Waals surface area contributed by atoms with Gasteiger partial charge >= 0.3 is 5.97 Å². The van der Waals surface area contributed by atoms with Crippen LogP contribution in [0.4, 0.5) is 0 Å². The minimum atomic E-state index is -0.462. The van der Waals surface area contributed by atoms with Gasteiger partial charge in [-0.3, -0.25) is 14.4 Å². The van der Waals surface area contributed by atoms with Crippen LogP contribution in [0.2, 0.25) is 0 Å². The van der Waals surface area contributed by atoms with Crippen LogP contribution in [0, 0.1) is 0 Å². The number of esters is 1. The van der Waals surface area contributed by atoms with E-state index in [9.17, 15) is 9.90 Å². The molecule has 94 valence electrons. The second kappa shape index (κ2) is 4.85. The largest absolute Gasteiger partial charge is 0.468 e. The summed E-state index contributed by atoms with van der Waals surface area (Å²) in [5, 5.41) is 13.7. The molecule has 2 heterocycles. The summed E-state index contributed by atoms with van der Waals surface area (Å²) in [5.74, 6) is -0.287. The molecule has 0 spiro atoms. The van der Waals surface area contributed by atoms with Crippen LogP contribution >= 0.6 is 0 Å². The van der Waals surface area contributed by atoms with Crippen molar-refractivity contribution in [2.24, 2.45) is 7.05 Å². The van der Waals surface area contributed by atoms with Crippen molar-refractivity contribution in [2.75, 3.05) is 13.7 Å². The molecule has 2 rings (SSSR count). The molecule has 6 nitrogen and oxygen atoms in total. The van der Waals surface area contributed by atoms with Gasteiger partial charge in [0.15, 0.2) is 0 Å². The molecule has 1 aromatic heterocycles. The summed E-state index contributed by atoms with van der Waals surface area (Å²) in [5.41, 5.74) is 1.02.